The molecular weight excluding hydrogens is 401 g/mol. The number of carboxylic acid groups (broad SMARTS) is 1. The van der Waals surface area contributed by atoms with E-state index in [1.165, 1.54) is 30.0 Å². The first kappa shape index (κ1) is 20.8. The van der Waals surface area contributed by atoms with E-state index in [4.69, 9.17) is 16.3 Å². The lowest BCUT2D eigenvalue weighted by Crippen LogP contribution is -2.22. The van der Waals surface area contributed by atoms with Gasteiger partial charge in [-0.05, 0) is 30.2 Å². The quantitative estimate of drug-likeness (QED) is 0.636. The number of carbonyl (C=O) groups is 1. The number of benzene rings is 2. The smallest absolute Gasteiger partial charge is 0.341 e. The van der Waals surface area contributed by atoms with Crippen LogP contribution in [0.15, 0.2) is 41.3 Å². The minimum atomic E-state index is -1.37. The Morgan fingerprint density at radius 3 is 2.66 bits per heavy atom. The van der Waals surface area contributed by atoms with Gasteiger partial charge in [0, 0.05) is 24.1 Å². The van der Waals surface area contributed by atoms with Gasteiger partial charge in [-0.3, -0.25) is 4.79 Å². The monoisotopic (exact) mass is 419 g/mol. The van der Waals surface area contributed by atoms with Crippen molar-refractivity contribution in [3.8, 4) is 5.75 Å². The minimum Gasteiger partial charge on any atom is -0.496 e. The van der Waals surface area contributed by atoms with Gasteiger partial charge in [-0.15, -0.1) is 0 Å². The number of aromatic carboxylic acids is 1. The van der Waals surface area contributed by atoms with Crippen LogP contribution in [0.2, 0.25) is 5.02 Å². The van der Waals surface area contributed by atoms with Gasteiger partial charge in [0.05, 0.1) is 30.3 Å². The molecule has 1 aromatic heterocycles. The number of pyridine rings is 1. The molecule has 0 saturated heterocycles. The van der Waals surface area contributed by atoms with Crippen LogP contribution in [-0.2, 0) is 6.42 Å². The molecule has 2 aromatic carbocycles. The van der Waals surface area contributed by atoms with E-state index in [-0.39, 0.29) is 23.4 Å². The Hall–Kier alpha value is -2.90. The van der Waals surface area contributed by atoms with Crippen molar-refractivity contribution in [2.45, 2.75) is 19.4 Å². The molecule has 1 heterocycles. The zero-order chi connectivity index (χ0) is 21.3. The van der Waals surface area contributed by atoms with E-state index in [1.54, 1.807) is 25.1 Å². The molecule has 3 aromatic rings. The van der Waals surface area contributed by atoms with E-state index in [0.29, 0.717) is 22.4 Å². The molecule has 0 fully saturated rings. The Labute approximate surface area is 170 Å². The second-order valence-electron chi connectivity index (χ2n) is 6.69. The van der Waals surface area contributed by atoms with Crippen molar-refractivity contribution in [2.24, 2.45) is 0 Å². The van der Waals surface area contributed by atoms with Gasteiger partial charge in [0.1, 0.15) is 17.1 Å². The van der Waals surface area contributed by atoms with Crippen molar-refractivity contribution in [1.82, 2.24) is 4.57 Å². The summed E-state index contributed by atoms with van der Waals surface area (Å²) in [5.41, 5.74) is 0.151. The van der Waals surface area contributed by atoms with Gasteiger partial charge in [-0.25, -0.2) is 9.18 Å². The number of aliphatic hydroxyl groups excluding tert-OH is 1. The second-order valence-corrected chi connectivity index (χ2v) is 7.09. The van der Waals surface area contributed by atoms with E-state index in [2.05, 4.69) is 0 Å². The highest BCUT2D eigenvalue weighted by molar-refractivity contribution is 6.30. The Kier molecular flexibility index (Phi) is 5.91. The third-order valence-corrected chi connectivity index (χ3v) is 5.11. The number of fused-ring (bicyclic) bond motifs is 1. The summed E-state index contributed by atoms with van der Waals surface area (Å²) in [6, 6.07) is 7.25. The molecule has 2 N–H and O–H groups in total. The first-order valence-electron chi connectivity index (χ1n) is 8.81. The first-order valence-corrected chi connectivity index (χ1v) is 9.19. The summed E-state index contributed by atoms with van der Waals surface area (Å²) in [7, 11) is 1.45. The number of carboxylic acids is 1. The summed E-state index contributed by atoms with van der Waals surface area (Å²) in [6.07, 6.45) is 1.31. The number of aliphatic hydroxyl groups is 1. The standard InChI is InChI=1S/C21H19ClFNO5/c1-11(10-25)24-9-15(21(27)28)20(26)14-7-13(18(29-2)8-17(14)24)6-12-4-3-5-16(22)19(12)23/h3-5,7-9,11,25H,6,10H2,1-2H3,(H,27,28). The largest absolute Gasteiger partial charge is 0.496 e. The zero-order valence-corrected chi connectivity index (χ0v) is 16.5. The third kappa shape index (κ3) is 3.83. The predicted molar refractivity (Wildman–Crippen MR) is 108 cm³/mol. The molecule has 8 heteroatoms. The predicted octanol–water partition coefficient (Wildman–Crippen LogP) is 3.64. The minimum absolute atomic E-state index is 0.0189. The van der Waals surface area contributed by atoms with Gasteiger partial charge >= 0.3 is 5.97 Å². The van der Waals surface area contributed by atoms with Gasteiger partial charge in [-0.1, -0.05) is 23.7 Å². The molecule has 1 unspecified atom stereocenters. The highest BCUT2D eigenvalue weighted by Gasteiger charge is 2.20. The molecule has 1 atom stereocenters. The zero-order valence-electron chi connectivity index (χ0n) is 15.8. The normalized spacial score (nSPS) is 12.2. The molecule has 29 heavy (non-hydrogen) atoms. The van der Waals surface area contributed by atoms with E-state index >= 15 is 0 Å². The van der Waals surface area contributed by atoms with E-state index in [9.17, 15) is 24.2 Å². The molecule has 0 saturated carbocycles. The Morgan fingerprint density at radius 1 is 1.31 bits per heavy atom. The highest BCUT2D eigenvalue weighted by Crippen LogP contribution is 2.30. The molecular formula is C21H19ClFNO5. The van der Waals surface area contributed by atoms with Crippen LogP contribution in [0.3, 0.4) is 0 Å². The Balaban J connectivity index is 2.30. The van der Waals surface area contributed by atoms with Gasteiger partial charge in [0.15, 0.2) is 0 Å². The molecule has 0 radical (unpaired) electrons. The van der Waals surface area contributed by atoms with Crippen LogP contribution < -0.4 is 10.2 Å². The van der Waals surface area contributed by atoms with Crippen LogP contribution in [0.1, 0.15) is 34.5 Å². The Morgan fingerprint density at radius 2 is 2.03 bits per heavy atom. The molecule has 0 aliphatic heterocycles. The van der Waals surface area contributed by atoms with E-state index < -0.39 is 28.8 Å². The SMILES string of the molecule is COc1cc2c(cc1Cc1cccc(Cl)c1F)c(=O)c(C(=O)O)cn2C(C)CO. The summed E-state index contributed by atoms with van der Waals surface area (Å²) in [4.78, 5) is 24.3. The summed E-state index contributed by atoms with van der Waals surface area (Å²) in [5, 5.41) is 19.1. The average molecular weight is 420 g/mol. The van der Waals surface area contributed by atoms with Crippen LogP contribution >= 0.6 is 11.6 Å². The topological polar surface area (TPSA) is 88.8 Å². The van der Waals surface area contributed by atoms with E-state index in [1.807, 2.05) is 0 Å². The van der Waals surface area contributed by atoms with Crippen LogP contribution in [0.5, 0.6) is 5.75 Å². The fourth-order valence-corrected chi connectivity index (χ4v) is 3.44. The van der Waals surface area contributed by atoms with Crippen molar-refractivity contribution in [3.63, 3.8) is 0 Å². The van der Waals surface area contributed by atoms with Gasteiger partial charge in [0.2, 0.25) is 5.43 Å². The van der Waals surface area contributed by atoms with Gasteiger partial charge in [-0.2, -0.15) is 0 Å². The lowest BCUT2D eigenvalue weighted by molar-refractivity contribution is 0.0694. The summed E-state index contributed by atoms with van der Waals surface area (Å²) >= 11 is 5.85. The van der Waals surface area contributed by atoms with Crippen LogP contribution in [-0.4, -0.2) is 34.5 Å². The second kappa shape index (κ2) is 8.23. The lowest BCUT2D eigenvalue weighted by Gasteiger charge is -2.19. The summed E-state index contributed by atoms with van der Waals surface area (Å²) in [5.74, 6) is -1.53. The average Bonchev–Trinajstić information content (AvgIpc) is 2.70. The Bertz CT molecular complexity index is 1160. The maximum Gasteiger partial charge on any atom is 0.341 e. The van der Waals surface area contributed by atoms with Crippen LogP contribution in [0.25, 0.3) is 10.9 Å². The fraction of sp³-hybridized carbons (Fsp3) is 0.238. The molecule has 6 nitrogen and oxygen atoms in total. The number of halogens is 2. The molecule has 152 valence electrons. The number of ether oxygens (including phenoxy) is 1. The lowest BCUT2D eigenvalue weighted by atomic mass is 10.00. The molecule has 3 rings (SSSR count). The van der Waals surface area contributed by atoms with Crippen molar-refractivity contribution >= 4 is 28.5 Å². The van der Waals surface area contributed by atoms with Crippen molar-refractivity contribution in [2.75, 3.05) is 13.7 Å². The number of aromatic nitrogens is 1. The third-order valence-electron chi connectivity index (χ3n) is 4.82. The first-order chi connectivity index (χ1) is 13.8. The number of hydrogen-bond acceptors (Lipinski definition) is 4. The summed E-state index contributed by atoms with van der Waals surface area (Å²) in [6.45, 7) is 1.44. The van der Waals surface area contributed by atoms with Crippen molar-refractivity contribution in [3.05, 3.63) is 74.3 Å². The van der Waals surface area contributed by atoms with Crippen LogP contribution in [0.4, 0.5) is 4.39 Å². The maximum atomic E-state index is 14.4. The number of hydrogen-bond donors (Lipinski definition) is 2. The number of nitrogens with zero attached hydrogens (tertiary/aromatic N) is 1. The molecule has 0 bridgehead atoms. The molecule has 0 aliphatic carbocycles. The summed E-state index contributed by atoms with van der Waals surface area (Å²) < 4.78 is 21.3. The number of methoxy groups -OCH3 is 1. The number of rotatable bonds is 6. The maximum absolute atomic E-state index is 14.4. The van der Waals surface area contributed by atoms with Crippen molar-refractivity contribution in [1.29, 1.82) is 0 Å². The molecule has 0 spiro atoms. The van der Waals surface area contributed by atoms with Gasteiger partial charge < -0.3 is 19.5 Å². The van der Waals surface area contributed by atoms with Crippen molar-refractivity contribution < 1.29 is 24.1 Å². The van der Waals surface area contributed by atoms with E-state index in [0.717, 1.165) is 0 Å². The molecule has 0 aliphatic rings. The fourth-order valence-electron chi connectivity index (χ4n) is 3.25. The van der Waals surface area contributed by atoms with Gasteiger partial charge in [0.25, 0.3) is 0 Å². The highest BCUT2D eigenvalue weighted by atomic mass is 35.5. The van der Waals surface area contributed by atoms with Crippen LogP contribution in [0, 0.1) is 5.82 Å². The molecule has 0 amide bonds.